The lowest BCUT2D eigenvalue weighted by atomic mass is 9.88. The highest BCUT2D eigenvalue weighted by Gasteiger charge is 2.26. The van der Waals surface area contributed by atoms with Crippen LogP contribution in [0.2, 0.25) is 0 Å². The van der Waals surface area contributed by atoms with Crippen molar-refractivity contribution in [3.63, 3.8) is 0 Å². The van der Waals surface area contributed by atoms with E-state index in [4.69, 9.17) is 0 Å². The Labute approximate surface area is 135 Å². The first kappa shape index (κ1) is 16.9. The van der Waals surface area contributed by atoms with E-state index in [0.29, 0.717) is 21.5 Å². The highest BCUT2D eigenvalue weighted by molar-refractivity contribution is 9.10. The average molecular weight is 376 g/mol. The van der Waals surface area contributed by atoms with Crippen molar-refractivity contribution in [2.75, 3.05) is 0 Å². The van der Waals surface area contributed by atoms with Crippen LogP contribution in [0.1, 0.15) is 43.7 Å². The Balaban J connectivity index is 2.25. The van der Waals surface area contributed by atoms with Gasteiger partial charge in [0.15, 0.2) is 0 Å². The third-order valence-electron chi connectivity index (χ3n) is 4.17. The van der Waals surface area contributed by atoms with Gasteiger partial charge in [-0.25, -0.2) is 13.1 Å². The van der Waals surface area contributed by atoms with Crippen LogP contribution in [0.25, 0.3) is 0 Å². The molecule has 0 radical (unpaired) electrons. The molecule has 0 amide bonds. The van der Waals surface area contributed by atoms with E-state index in [-0.39, 0.29) is 17.5 Å². The van der Waals surface area contributed by atoms with Gasteiger partial charge < -0.3 is 5.11 Å². The Kier molecular flexibility index (Phi) is 5.46. The van der Waals surface area contributed by atoms with Crippen LogP contribution in [0.3, 0.4) is 0 Å². The summed E-state index contributed by atoms with van der Waals surface area (Å²) in [6.07, 6.45) is 3.90. The van der Waals surface area contributed by atoms with Crippen LogP contribution in [0, 0.1) is 12.8 Å². The SMILES string of the molecule is Cc1c(Br)cc(CO)cc1S(=O)(=O)NC1CCC(C)CC1. The van der Waals surface area contributed by atoms with E-state index in [9.17, 15) is 13.5 Å². The minimum atomic E-state index is -3.55. The molecule has 6 heteroatoms. The second kappa shape index (κ2) is 6.77. The number of hydrogen-bond acceptors (Lipinski definition) is 3. The molecule has 0 atom stereocenters. The van der Waals surface area contributed by atoms with E-state index >= 15 is 0 Å². The van der Waals surface area contributed by atoms with Gasteiger partial charge in [-0.05, 0) is 61.8 Å². The highest BCUT2D eigenvalue weighted by Crippen LogP contribution is 2.28. The Morgan fingerprint density at radius 3 is 2.48 bits per heavy atom. The standard InChI is InChI=1S/C15H22BrNO3S/c1-10-3-5-13(6-4-10)17-21(19,20)15-8-12(9-18)7-14(16)11(15)2/h7-8,10,13,17-18H,3-6,9H2,1-2H3. The lowest BCUT2D eigenvalue weighted by Crippen LogP contribution is -2.37. The molecule has 1 aromatic carbocycles. The van der Waals surface area contributed by atoms with Gasteiger partial charge in [-0.1, -0.05) is 22.9 Å². The zero-order valence-electron chi connectivity index (χ0n) is 12.4. The van der Waals surface area contributed by atoms with Crippen molar-refractivity contribution in [1.29, 1.82) is 0 Å². The fraction of sp³-hybridized carbons (Fsp3) is 0.600. The molecule has 1 fully saturated rings. The van der Waals surface area contributed by atoms with Crippen LogP contribution in [0.4, 0.5) is 0 Å². The Hall–Kier alpha value is -0.430. The molecule has 0 spiro atoms. The van der Waals surface area contributed by atoms with Crippen LogP contribution < -0.4 is 4.72 Å². The maximum Gasteiger partial charge on any atom is 0.241 e. The van der Waals surface area contributed by atoms with Crippen molar-refractivity contribution >= 4 is 26.0 Å². The van der Waals surface area contributed by atoms with Gasteiger partial charge >= 0.3 is 0 Å². The van der Waals surface area contributed by atoms with Gasteiger partial charge in [0.25, 0.3) is 0 Å². The fourth-order valence-electron chi connectivity index (χ4n) is 2.74. The monoisotopic (exact) mass is 375 g/mol. The summed E-state index contributed by atoms with van der Waals surface area (Å²) in [4.78, 5) is 0.250. The minimum Gasteiger partial charge on any atom is -0.392 e. The zero-order chi connectivity index (χ0) is 15.6. The molecule has 21 heavy (non-hydrogen) atoms. The molecular formula is C15H22BrNO3S. The molecule has 0 bridgehead atoms. The number of nitrogens with one attached hydrogen (secondary N) is 1. The number of sulfonamides is 1. The molecule has 118 valence electrons. The quantitative estimate of drug-likeness (QED) is 0.849. The number of rotatable bonds is 4. The summed E-state index contributed by atoms with van der Waals surface area (Å²) in [5.74, 6) is 0.680. The predicted octanol–water partition coefficient (Wildman–Crippen LogP) is 3.11. The van der Waals surface area contributed by atoms with Gasteiger partial charge in [0.2, 0.25) is 10.0 Å². The van der Waals surface area contributed by atoms with Crippen LogP contribution >= 0.6 is 15.9 Å². The normalized spacial score (nSPS) is 23.2. The van der Waals surface area contributed by atoms with Gasteiger partial charge in [-0.3, -0.25) is 0 Å². The van der Waals surface area contributed by atoms with Gasteiger partial charge in [0.1, 0.15) is 0 Å². The summed E-state index contributed by atoms with van der Waals surface area (Å²) in [7, 11) is -3.55. The van der Waals surface area contributed by atoms with Crippen LogP contribution in [0.5, 0.6) is 0 Å². The van der Waals surface area contributed by atoms with Crippen LogP contribution in [-0.2, 0) is 16.6 Å². The number of hydrogen-bond donors (Lipinski definition) is 2. The van der Waals surface area contributed by atoms with E-state index in [2.05, 4.69) is 27.6 Å². The fourth-order valence-corrected chi connectivity index (χ4v) is 5.00. The Bertz CT molecular complexity index is 608. The molecule has 2 N–H and O–H groups in total. The topological polar surface area (TPSA) is 66.4 Å². The number of aliphatic hydroxyl groups is 1. The molecule has 1 aliphatic carbocycles. The maximum absolute atomic E-state index is 12.6. The molecule has 2 rings (SSSR count). The maximum atomic E-state index is 12.6. The number of aliphatic hydroxyl groups excluding tert-OH is 1. The van der Waals surface area contributed by atoms with Crippen LogP contribution in [-0.4, -0.2) is 19.6 Å². The van der Waals surface area contributed by atoms with Crippen molar-refractivity contribution in [2.45, 2.75) is 57.1 Å². The number of halogens is 1. The molecule has 1 saturated carbocycles. The first-order valence-electron chi connectivity index (χ1n) is 7.25. The molecule has 0 saturated heterocycles. The van der Waals surface area contributed by atoms with Gasteiger partial charge in [-0.15, -0.1) is 0 Å². The molecule has 1 aliphatic rings. The summed E-state index contributed by atoms with van der Waals surface area (Å²) in [5, 5.41) is 9.26. The summed E-state index contributed by atoms with van der Waals surface area (Å²) in [6, 6.07) is 3.31. The Morgan fingerprint density at radius 1 is 1.29 bits per heavy atom. The highest BCUT2D eigenvalue weighted by atomic mass is 79.9. The summed E-state index contributed by atoms with van der Waals surface area (Å²) < 4.78 is 28.7. The van der Waals surface area contributed by atoms with E-state index in [0.717, 1.165) is 25.7 Å². The van der Waals surface area contributed by atoms with E-state index in [1.54, 1.807) is 19.1 Å². The number of benzene rings is 1. The predicted molar refractivity (Wildman–Crippen MR) is 86.5 cm³/mol. The van der Waals surface area contributed by atoms with Crippen molar-refractivity contribution in [1.82, 2.24) is 4.72 Å². The van der Waals surface area contributed by atoms with E-state index in [1.807, 2.05) is 0 Å². The van der Waals surface area contributed by atoms with Gasteiger partial charge in [0.05, 0.1) is 11.5 Å². The zero-order valence-corrected chi connectivity index (χ0v) is 14.8. The summed E-state index contributed by atoms with van der Waals surface area (Å²) in [5.41, 5.74) is 1.26. The Morgan fingerprint density at radius 2 is 1.90 bits per heavy atom. The van der Waals surface area contributed by atoms with Crippen molar-refractivity contribution in [2.24, 2.45) is 5.92 Å². The van der Waals surface area contributed by atoms with Crippen LogP contribution in [0.15, 0.2) is 21.5 Å². The third kappa shape index (κ3) is 4.06. The lowest BCUT2D eigenvalue weighted by Gasteiger charge is -2.27. The lowest BCUT2D eigenvalue weighted by molar-refractivity contribution is 0.281. The molecule has 1 aromatic rings. The van der Waals surface area contributed by atoms with E-state index in [1.165, 1.54) is 0 Å². The second-order valence-corrected chi connectivity index (χ2v) is 8.47. The molecule has 0 aromatic heterocycles. The first-order valence-corrected chi connectivity index (χ1v) is 9.53. The van der Waals surface area contributed by atoms with Crippen molar-refractivity contribution < 1.29 is 13.5 Å². The molecule has 0 aliphatic heterocycles. The third-order valence-corrected chi connectivity index (χ3v) is 6.64. The first-order chi connectivity index (χ1) is 9.83. The van der Waals surface area contributed by atoms with Crippen molar-refractivity contribution in [3.05, 3.63) is 27.7 Å². The van der Waals surface area contributed by atoms with Crippen molar-refractivity contribution in [3.8, 4) is 0 Å². The molecule has 4 nitrogen and oxygen atoms in total. The summed E-state index contributed by atoms with van der Waals surface area (Å²) >= 11 is 3.36. The second-order valence-electron chi connectivity index (χ2n) is 5.94. The molecule has 0 heterocycles. The largest absolute Gasteiger partial charge is 0.392 e. The smallest absolute Gasteiger partial charge is 0.241 e. The average Bonchev–Trinajstić information content (AvgIpc) is 2.43. The van der Waals surface area contributed by atoms with Gasteiger partial charge in [-0.2, -0.15) is 0 Å². The van der Waals surface area contributed by atoms with Gasteiger partial charge in [0, 0.05) is 10.5 Å². The van der Waals surface area contributed by atoms with E-state index < -0.39 is 10.0 Å². The molecule has 0 unspecified atom stereocenters. The summed E-state index contributed by atoms with van der Waals surface area (Å²) in [6.45, 7) is 3.79. The molecular weight excluding hydrogens is 354 g/mol. The minimum absolute atomic E-state index is 0.0159.